The third-order valence-corrected chi connectivity index (χ3v) is 3.31. The number of halogens is 1. The lowest BCUT2D eigenvalue weighted by Gasteiger charge is -2.11. The molecule has 0 N–H and O–H groups in total. The molecule has 19 heavy (non-hydrogen) atoms. The Morgan fingerprint density at radius 2 is 1.68 bits per heavy atom. The number of aromatic nitrogens is 2. The molecule has 0 fully saturated rings. The molecule has 0 amide bonds. The van der Waals surface area contributed by atoms with E-state index in [2.05, 4.69) is 9.97 Å². The summed E-state index contributed by atoms with van der Waals surface area (Å²) in [6, 6.07) is 7.55. The van der Waals surface area contributed by atoms with Gasteiger partial charge in [-0.25, -0.2) is 9.97 Å². The quantitative estimate of drug-likeness (QED) is 0.530. The summed E-state index contributed by atoms with van der Waals surface area (Å²) < 4.78 is 10.6. The third kappa shape index (κ3) is 1.85. The topological polar surface area (TPSA) is 44.2 Å². The van der Waals surface area contributed by atoms with Crippen molar-refractivity contribution in [3.05, 3.63) is 35.6 Å². The van der Waals surface area contributed by atoms with Gasteiger partial charge in [-0.2, -0.15) is 0 Å². The van der Waals surface area contributed by atoms with Crippen molar-refractivity contribution in [3.8, 4) is 11.5 Å². The highest BCUT2D eigenvalue weighted by Gasteiger charge is 2.12. The molecule has 0 unspecified atom stereocenters. The summed E-state index contributed by atoms with van der Waals surface area (Å²) in [5, 5.41) is 3.10. The highest BCUT2D eigenvalue weighted by Crippen LogP contribution is 2.37. The van der Waals surface area contributed by atoms with Crippen LogP contribution in [0.5, 0.6) is 11.5 Å². The van der Waals surface area contributed by atoms with Gasteiger partial charge in [0.15, 0.2) is 17.1 Å². The average Bonchev–Trinajstić information content (AvgIpc) is 2.46. The van der Waals surface area contributed by atoms with E-state index in [0.717, 1.165) is 16.2 Å². The minimum Gasteiger partial charge on any atom is -0.493 e. The Labute approximate surface area is 114 Å². The second-order valence-electron chi connectivity index (χ2n) is 4.03. The predicted octanol–water partition coefficient (Wildman–Crippen LogP) is 3.45. The van der Waals surface area contributed by atoms with E-state index in [1.54, 1.807) is 20.4 Å². The van der Waals surface area contributed by atoms with Crippen molar-refractivity contribution < 1.29 is 9.47 Å². The highest BCUT2D eigenvalue weighted by atomic mass is 35.5. The van der Waals surface area contributed by atoms with Gasteiger partial charge in [0, 0.05) is 17.0 Å². The molecule has 0 aliphatic carbocycles. The summed E-state index contributed by atoms with van der Waals surface area (Å²) in [5.41, 5.74) is 0.618. The van der Waals surface area contributed by atoms with Gasteiger partial charge in [0.25, 0.3) is 0 Å². The maximum atomic E-state index is 6.21. The van der Waals surface area contributed by atoms with Crippen LogP contribution in [0.3, 0.4) is 0 Å². The van der Waals surface area contributed by atoms with E-state index in [1.165, 1.54) is 0 Å². The highest BCUT2D eigenvalue weighted by molar-refractivity contribution is 6.35. The Kier molecular flexibility index (Phi) is 2.87. The number of hydrogen-bond acceptors (Lipinski definition) is 4. The van der Waals surface area contributed by atoms with Crippen molar-refractivity contribution in [3.63, 3.8) is 0 Å². The Hall–Kier alpha value is -2.07. The molecule has 3 aromatic rings. The van der Waals surface area contributed by atoms with E-state index in [4.69, 9.17) is 21.1 Å². The summed E-state index contributed by atoms with van der Waals surface area (Å²) in [6.07, 6.45) is 1.69. The number of nitrogens with zero attached hydrogens (tertiary/aromatic N) is 2. The third-order valence-electron chi connectivity index (χ3n) is 3.03. The number of methoxy groups -OCH3 is 2. The molecule has 0 aliphatic heterocycles. The first-order valence-electron chi connectivity index (χ1n) is 5.70. The summed E-state index contributed by atoms with van der Waals surface area (Å²) >= 11 is 6.21. The van der Waals surface area contributed by atoms with Gasteiger partial charge in [0.05, 0.1) is 14.2 Å². The maximum Gasteiger partial charge on any atom is 0.161 e. The second-order valence-corrected chi connectivity index (χ2v) is 4.39. The first-order valence-corrected chi connectivity index (χ1v) is 6.08. The number of fused-ring (bicyclic) bond motifs is 3. The minimum absolute atomic E-state index is 0.405. The van der Waals surface area contributed by atoms with E-state index in [-0.39, 0.29) is 0 Å². The lowest BCUT2D eigenvalue weighted by atomic mass is 10.1. The normalized spacial score (nSPS) is 10.9. The largest absolute Gasteiger partial charge is 0.493 e. The zero-order valence-corrected chi connectivity index (χ0v) is 11.2. The first kappa shape index (κ1) is 12.0. The molecule has 0 atom stereocenters. The summed E-state index contributed by atoms with van der Waals surface area (Å²) in [7, 11) is 3.19. The molecule has 0 saturated carbocycles. The van der Waals surface area contributed by atoms with Crippen molar-refractivity contribution in [1.29, 1.82) is 0 Å². The van der Waals surface area contributed by atoms with Crippen molar-refractivity contribution in [2.75, 3.05) is 14.2 Å². The Morgan fingerprint density at radius 1 is 1.00 bits per heavy atom. The van der Waals surface area contributed by atoms with Crippen LogP contribution in [0.15, 0.2) is 30.5 Å². The number of ether oxygens (including phenoxy) is 2. The minimum atomic E-state index is 0.405. The van der Waals surface area contributed by atoms with E-state index >= 15 is 0 Å². The Balaban J connectivity index is 2.49. The van der Waals surface area contributed by atoms with Gasteiger partial charge in [-0.3, -0.25) is 0 Å². The standard InChI is InChI=1S/C14H11ClN2O2/c1-18-11-6-9-8-4-3-5-16-14(8)17-13(15)10(9)7-12(11)19-2/h3-7H,1-2H3. The van der Waals surface area contributed by atoms with Gasteiger partial charge >= 0.3 is 0 Å². The molecular weight excluding hydrogens is 264 g/mol. The van der Waals surface area contributed by atoms with Crippen LogP contribution in [0.25, 0.3) is 21.8 Å². The van der Waals surface area contributed by atoms with Gasteiger partial charge in [0.2, 0.25) is 0 Å². The van der Waals surface area contributed by atoms with E-state index in [9.17, 15) is 0 Å². The molecule has 1 aromatic carbocycles. The van der Waals surface area contributed by atoms with Gasteiger partial charge in [-0.1, -0.05) is 11.6 Å². The SMILES string of the molecule is COc1cc2c(Cl)nc3ncccc3c2cc1OC. The number of rotatable bonds is 2. The van der Waals surface area contributed by atoms with Gasteiger partial charge in [-0.15, -0.1) is 0 Å². The number of hydrogen-bond donors (Lipinski definition) is 0. The number of benzene rings is 1. The van der Waals surface area contributed by atoms with E-state index in [0.29, 0.717) is 22.3 Å². The predicted molar refractivity (Wildman–Crippen MR) is 75.2 cm³/mol. The molecular formula is C14H11ClN2O2. The average molecular weight is 275 g/mol. The molecule has 0 aliphatic rings. The zero-order valence-electron chi connectivity index (χ0n) is 10.5. The van der Waals surface area contributed by atoms with Crippen molar-refractivity contribution in [2.45, 2.75) is 0 Å². The monoisotopic (exact) mass is 274 g/mol. The fraction of sp³-hybridized carbons (Fsp3) is 0.143. The summed E-state index contributed by atoms with van der Waals surface area (Å²) in [4.78, 5) is 8.52. The van der Waals surface area contributed by atoms with E-state index < -0.39 is 0 Å². The molecule has 5 heteroatoms. The second kappa shape index (κ2) is 4.55. The fourth-order valence-electron chi connectivity index (χ4n) is 2.12. The summed E-state index contributed by atoms with van der Waals surface area (Å²) in [5.74, 6) is 1.28. The summed E-state index contributed by atoms with van der Waals surface area (Å²) in [6.45, 7) is 0. The van der Waals surface area contributed by atoms with Gasteiger partial charge < -0.3 is 9.47 Å². The van der Waals surface area contributed by atoms with Crippen LogP contribution < -0.4 is 9.47 Å². The van der Waals surface area contributed by atoms with Crippen LogP contribution in [0.4, 0.5) is 0 Å². The van der Waals surface area contributed by atoms with Gasteiger partial charge in [0.1, 0.15) is 5.15 Å². The van der Waals surface area contributed by atoms with Crippen molar-refractivity contribution >= 4 is 33.4 Å². The lowest BCUT2D eigenvalue weighted by Crippen LogP contribution is -1.93. The molecule has 0 saturated heterocycles. The van der Waals surface area contributed by atoms with Crippen molar-refractivity contribution in [2.24, 2.45) is 0 Å². The number of pyridine rings is 2. The van der Waals surface area contributed by atoms with Crippen LogP contribution in [0.2, 0.25) is 5.15 Å². The first-order chi connectivity index (χ1) is 9.24. The smallest absolute Gasteiger partial charge is 0.161 e. The molecule has 3 rings (SSSR count). The molecule has 2 heterocycles. The van der Waals surface area contributed by atoms with E-state index in [1.807, 2.05) is 24.3 Å². The van der Waals surface area contributed by atoms with Crippen LogP contribution in [0, 0.1) is 0 Å². The molecule has 0 radical (unpaired) electrons. The van der Waals surface area contributed by atoms with Crippen LogP contribution in [-0.4, -0.2) is 24.2 Å². The van der Waals surface area contributed by atoms with Crippen LogP contribution in [0.1, 0.15) is 0 Å². The van der Waals surface area contributed by atoms with Crippen LogP contribution in [-0.2, 0) is 0 Å². The van der Waals surface area contributed by atoms with Crippen LogP contribution >= 0.6 is 11.6 Å². The van der Waals surface area contributed by atoms with Gasteiger partial charge in [-0.05, 0) is 29.7 Å². The van der Waals surface area contributed by atoms with Crippen molar-refractivity contribution in [1.82, 2.24) is 9.97 Å². The fourth-order valence-corrected chi connectivity index (χ4v) is 2.36. The Morgan fingerprint density at radius 3 is 2.37 bits per heavy atom. The zero-order chi connectivity index (χ0) is 13.4. The molecule has 4 nitrogen and oxygen atoms in total. The molecule has 2 aromatic heterocycles. The lowest BCUT2D eigenvalue weighted by molar-refractivity contribution is 0.356. The Bertz CT molecular complexity index is 774. The molecule has 0 spiro atoms. The molecule has 96 valence electrons. The maximum absolute atomic E-state index is 6.21. The molecule has 0 bridgehead atoms.